The third kappa shape index (κ3) is 4.14. The molecule has 0 spiro atoms. The van der Waals surface area contributed by atoms with E-state index in [1.807, 2.05) is 30.3 Å². The van der Waals surface area contributed by atoms with E-state index < -0.39 is 23.4 Å². The third-order valence-electron chi connectivity index (χ3n) is 5.75. The molecule has 0 aromatic heterocycles. The fourth-order valence-electron chi connectivity index (χ4n) is 3.87. The van der Waals surface area contributed by atoms with Crippen molar-refractivity contribution in [2.75, 3.05) is 11.4 Å². The van der Waals surface area contributed by atoms with Crippen LogP contribution in [0.15, 0.2) is 54.6 Å². The van der Waals surface area contributed by atoms with Crippen LogP contribution in [0, 0.1) is 0 Å². The molecule has 2 aliphatic heterocycles. The first kappa shape index (κ1) is 20.6. The van der Waals surface area contributed by atoms with Crippen LogP contribution in [-0.2, 0) is 16.0 Å². The van der Waals surface area contributed by atoms with Crippen molar-refractivity contribution < 1.29 is 19.2 Å². The summed E-state index contributed by atoms with van der Waals surface area (Å²) in [6.07, 6.45) is 2.36. The number of hydrogen-bond donors (Lipinski definition) is 2. The zero-order chi connectivity index (χ0) is 22.0. The maximum absolute atomic E-state index is 12.9. The van der Waals surface area contributed by atoms with Crippen LogP contribution in [-0.4, -0.2) is 40.8 Å². The van der Waals surface area contributed by atoms with E-state index in [-0.39, 0.29) is 11.5 Å². The second-order valence-electron chi connectivity index (χ2n) is 8.03. The Morgan fingerprint density at radius 1 is 1.06 bits per heavy atom. The van der Waals surface area contributed by atoms with Crippen LogP contribution < -0.4 is 15.6 Å². The number of benzene rings is 2. The van der Waals surface area contributed by atoms with Crippen molar-refractivity contribution >= 4 is 29.4 Å². The highest BCUT2D eigenvalue weighted by molar-refractivity contribution is 6.09. The molecule has 2 aromatic carbocycles. The fraction of sp³-hybridized carbons (Fsp3) is 0.304. The molecule has 2 N–H and O–H groups in total. The van der Waals surface area contributed by atoms with E-state index >= 15 is 0 Å². The molecular formula is C23H24N4O4. The van der Waals surface area contributed by atoms with Crippen molar-refractivity contribution in [3.8, 4) is 0 Å². The van der Waals surface area contributed by atoms with Gasteiger partial charge in [0, 0.05) is 24.2 Å². The lowest BCUT2D eigenvalue weighted by atomic mass is 9.93. The number of aryl methyl sites for hydroxylation is 1. The molecule has 0 bridgehead atoms. The van der Waals surface area contributed by atoms with Gasteiger partial charge in [0.05, 0.1) is 0 Å². The maximum atomic E-state index is 12.9. The zero-order valence-corrected chi connectivity index (χ0v) is 17.3. The monoisotopic (exact) mass is 420 g/mol. The van der Waals surface area contributed by atoms with Crippen molar-refractivity contribution in [2.45, 2.75) is 38.1 Å². The minimum absolute atomic E-state index is 0.0614. The third-order valence-corrected chi connectivity index (χ3v) is 5.75. The summed E-state index contributed by atoms with van der Waals surface area (Å²) < 4.78 is 0. The number of carbonyl (C=O) groups is 4. The van der Waals surface area contributed by atoms with Gasteiger partial charge < -0.3 is 10.2 Å². The Balaban J connectivity index is 1.40. The number of nitrogens with one attached hydrogen (secondary N) is 2. The standard InChI is InChI=1S/C23H24N4O4/c1-23(14-13-16-6-3-2-4-7-16)21(30)27(22(31)24-23)25-20(29)17-9-11-18(12-10-17)26-15-5-8-19(26)28/h2-4,6-7,9-12H,5,8,13-15H2,1H3,(H,24,31)(H,25,29). The Hall–Kier alpha value is -3.68. The molecule has 4 rings (SSSR count). The van der Waals surface area contributed by atoms with Gasteiger partial charge >= 0.3 is 6.03 Å². The Kier molecular flexibility index (Phi) is 5.46. The van der Waals surface area contributed by atoms with Crippen LogP contribution in [0.5, 0.6) is 0 Å². The maximum Gasteiger partial charge on any atom is 0.344 e. The summed E-state index contributed by atoms with van der Waals surface area (Å²) in [4.78, 5) is 51.4. The average Bonchev–Trinajstić information content (AvgIpc) is 3.30. The van der Waals surface area contributed by atoms with Gasteiger partial charge in [0.25, 0.3) is 11.8 Å². The Bertz CT molecular complexity index is 1020. The first-order valence-corrected chi connectivity index (χ1v) is 10.3. The van der Waals surface area contributed by atoms with Crippen molar-refractivity contribution in [2.24, 2.45) is 0 Å². The van der Waals surface area contributed by atoms with Gasteiger partial charge in [-0.05, 0) is 56.0 Å². The molecule has 2 heterocycles. The predicted molar refractivity (Wildman–Crippen MR) is 114 cm³/mol. The number of amides is 5. The summed E-state index contributed by atoms with van der Waals surface area (Å²) in [7, 11) is 0. The van der Waals surface area contributed by atoms with E-state index in [0.29, 0.717) is 25.8 Å². The average molecular weight is 420 g/mol. The first-order valence-electron chi connectivity index (χ1n) is 10.3. The lowest BCUT2D eigenvalue weighted by molar-refractivity contribution is -0.132. The number of anilines is 1. The van der Waals surface area contributed by atoms with Gasteiger partial charge in [-0.2, -0.15) is 5.01 Å². The quantitative estimate of drug-likeness (QED) is 0.701. The van der Waals surface area contributed by atoms with Crippen LogP contribution in [0.4, 0.5) is 10.5 Å². The number of urea groups is 1. The smallest absolute Gasteiger partial charge is 0.322 e. The normalized spacial score (nSPS) is 20.9. The molecule has 5 amide bonds. The largest absolute Gasteiger partial charge is 0.344 e. The van der Waals surface area contributed by atoms with Crippen LogP contribution in [0.3, 0.4) is 0 Å². The van der Waals surface area contributed by atoms with Crippen LogP contribution >= 0.6 is 0 Å². The molecule has 0 aliphatic carbocycles. The number of nitrogens with zero attached hydrogens (tertiary/aromatic N) is 2. The minimum Gasteiger partial charge on any atom is -0.322 e. The van der Waals surface area contributed by atoms with Gasteiger partial charge in [-0.25, -0.2) is 4.79 Å². The van der Waals surface area contributed by atoms with Gasteiger partial charge in [-0.15, -0.1) is 0 Å². The van der Waals surface area contributed by atoms with Gasteiger partial charge in [-0.1, -0.05) is 30.3 Å². The number of imide groups is 1. The lowest BCUT2D eigenvalue weighted by Gasteiger charge is -2.21. The summed E-state index contributed by atoms with van der Waals surface area (Å²) in [6, 6.07) is 15.5. The van der Waals surface area contributed by atoms with Crippen molar-refractivity contribution in [1.29, 1.82) is 0 Å². The predicted octanol–water partition coefficient (Wildman–Crippen LogP) is 2.40. The summed E-state index contributed by atoms with van der Waals surface area (Å²) in [5.41, 5.74) is 3.37. The Morgan fingerprint density at radius 2 is 1.77 bits per heavy atom. The second-order valence-corrected chi connectivity index (χ2v) is 8.03. The van der Waals surface area contributed by atoms with E-state index in [2.05, 4.69) is 10.7 Å². The SMILES string of the molecule is CC1(CCc2ccccc2)NC(=O)N(NC(=O)c2ccc(N3CCCC3=O)cc2)C1=O. The first-order chi connectivity index (χ1) is 14.9. The van der Waals surface area contributed by atoms with Crippen LogP contribution in [0.1, 0.15) is 42.1 Å². The molecule has 0 saturated carbocycles. The van der Waals surface area contributed by atoms with E-state index in [1.54, 1.807) is 36.1 Å². The summed E-state index contributed by atoms with van der Waals surface area (Å²) in [6.45, 7) is 2.32. The molecule has 2 aliphatic rings. The number of hydrogen-bond acceptors (Lipinski definition) is 4. The Morgan fingerprint density at radius 3 is 2.42 bits per heavy atom. The fourth-order valence-corrected chi connectivity index (χ4v) is 3.87. The van der Waals surface area contributed by atoms with E-state index in [1.165, 1.54) is 0 Å². The minimum atomic E-state index is -1.10. The van der Waals surface area contributed by atoms with Crippen molar-refractivity contribution in [3.05, 3.63) is 65.7 Å². The molecule has 0 radical (unpaired) electrons. The second kappa shape index (κ2) is 8.22. The topological polar surface area (TPSA) is 98.8 Å². The molecule has 2 aromatic rings. The highest BCUT2D eigenvalue weighted by Crippen LogP contribution is 2.24. The highest BCUT2D eigenvalue weighted by atomic mass is 16.2. The molecular weight excluding hydrogens is 396 g/mol. The van der Waals surface area contributed by atoms with Crippen LogP contribution in [0.2, 0.25) is 0 Å². The van der Waals surface area contributed by atoms with Crippen molar-refractivity contribution in [3.63, 3.8) is 0 Å². The molecule has 2 fully saturated rings. The van der Waals surface area contributed by atoms with Crippen molar-refractivity contribution in [1.82, 2.24) is 15.8 Å². The molecule has 160 valence electrons. The molecule has 8 nitrogen and oxygen atoms in total. The summed E-state index contributed by atoms with van der Waals surface area (Å²) >= 11 is 0. The van der Waals surface area contributed by atoms with Gasteiger partial charge in [0.15, 0.2) is 0 Å². The van der Waals surface area contributed by atoms with Gasteiger partial charge in [0.1, 0.15) is 5.54 Å². The van der Waals surface area contributed by atoms with Crippen LogP contribution in [0.25, 0.3) is 0 Å². The van der Waals surface area contributed by atoms with E-state index in [4.69, 9.17) is 0 Å². The molecule has 31 heavy (non-hydrogen) atoms. The molecule has 1 unspecified atom stereocenters. The molecule has 8 heteroatoms. The Labute approximate surface area is 180 Å². The summed E-state index contributed by atoms with van der Waals surface area (Å²) in [5.74, 6) is -1.01. The number of hydrazine groups is 1. The van der Waals surface area contributed by atoms with E-state index in [9.17, 15) is 19.2 Å². The number of carbonyl (C=O) groups excluding carboxylic acids is 4. The zero-order valence-electron chi connectivity index (χ0n) is 17.3. The number of rotatable bonds is 6. The summed E-state index contributed by atoms with van der Waals surface area (Å²) in [5, 5.41) is 3.43. The van der Waals surface area contributed by atoms with Gasteiger partial charge in [0.2, 0.25) is 5.91 Å². The lowest BCUT2D eigenvalue weighted by Crippen LogP contribution is -2.48. The molecule has 1 atom stereocenters. The highest BCUT2D eigenvalue weighted by Gasteiger charge is 2.48. The van der Waals surface area contributed by atoms with Gasteiger partial charge in [-0.3, -0.25) is 19.8 Å². The van der Waals surface area contributed by atoms with E-state index in [0.717, 1.165) is 22.7 Å². The molecule has 2 saturated heterocycles.